The van der Waals surface area contributed by atoms with Crippen LogP contribution in [-0.2, 0) is 9.53 Å². The smallest absolute Gasteiger partial charge is 0.334 e. The van der Waals surface area contributed by atoms with Gasteiger partial charge < -0.3 is 4.74 Å². The Hall–Kier alpha value is -1.05. The summed E-state index contributed by atoms with van der Waals surface area (Å²) in [4.78, 5) is 11.9. The van der Waals surface area contributed by atoms with Gasteiger partial charge in [0.1, 0.15) is 0 Å². The van der Waals surface area contributed by atoms with Crippen molar-refractivity contribution >= 4 is 5.97 Å². The summed E-state index contributed by atoms with van der Waals surface area (Å²) < 4.78 is 5.19. The minimum atomic E-state index is -0.108. The molecule has 3 fully saturated rings. The van der Waals surface area contributed by atoms with Crippen LogP contribution < -0.4 is 0 Å². The lowest BCUT2D eigenvalue weighted by Crippen LogP contribution is -2.50. The van der Waals surface area contributed by atoms with Gasteiger partial charge in [-0.05, 0) is 60.7 Å². The number of hydrogen-bond acceptors (Lipinski definition) is 2. The van der Waals surface area contributed by atoms with Crippen molar-refractivity contribution in [2.45, 2.75) is 66.7 Å². The number of fused-ring (bicyclic) bond motifs is 1. The predicted octanol–water partition coefficient (Wildman–Crippen LogP) is 5.54. The van der Waals surface area contributed by atoms with Crippen LogP contribution >= 0.6 is 0 Å². The van der Waals surface area contributed by atoms with Crippen LogP contribution in [0, 0.1) is 34.5 Å². The van der Waals surface area contributed by atoms with Crippen LogP contribution in [0.15, 0.2) is 23.8 Å². The van der Waals surface area contributed by atoms with Crippen molar-refractivity contribution in [3.05, 3.63) is 23.8 Å². The Balaban J connectivity index is 1.85. The summed E-state index contributed by atoms with van der Waals surface area (Å²) in [5.41, 5.74) is 3.05. The highest BCUT2D eigenvalue weighted by Gasteiger charge is 2.53. The second-order valence-corrected chi connectivity index (χ2v) is 9.53. The molecule has 1 saturated heterocycles. The normalized spacial score (nSPS) is 43.6. The fourth-order valence-electron chi connectivity index (χ4n) is 5.65. The molecular formula is C22H34O2. The molecule has 5 atom stereocenters. The van der Waals surface area contributed by atoms with Crippen molar-refractivity contribution in [2.75, 3.05) is 6.61 Å². The molecule has 2 heteroatoms. The summed E-state index contributed by atoms with van der Waals surface area (Å²) in [6, 6.07) is 0. The second-order valence-electron chi connectivity index (χ2n) is 9.53. The van der Waals surface area contributed by atoms with Crippen LogP contribution in [-0.4, -0.2) is 12.6 Å². The Morgan fingerprint density at radius 3 is 2.58 bits per heavy atom. The third-order valence-corrected chi connectivity index (χ3v) is 7.86. The molecule has 0 amide bonds. The van der Waals surface area contributed by atoms with E-state index in [0.717, 1.165) is 30.3 Å². The number of carbonyl (C=O) groups excluding carboxylic acids is 1. The second kappa shape index (κ2) is 6.04. The first-order chi connectivity index (χ1) is 11.2. The van der Waals surface area contributed by atoms with Crippen molar-refractivity contribution in [3.63, 3.8) is 0 Å². The molecule has 0 unspecified atom stereocenters. The molecule has 1 aliphatic heterocycles. The van der Waals surface area contributed by atoms with Gasteiger partial charge in [-0.25, -0.2) is 4.79 Å². The molecule has 2 saturated carbocycles. The number of rotatable bonds is 2. The molecule has 0 aromatic heterocycles. The highest BCUT2D eigenvalue weighted by Crippen LogP contribution is 2.61. The first kappa shape index (κ1) is 17.8. The first-order valence-corrected chi connectivity index (χ1v) is 9.71. The summed E-state index contributed by atoms with van der Waals surface area (Å²) >= 11 is 0. The van der Waals surface area contributed by atoms with E-state index in [4.69, 9.17) is 4.74 Å². The van der Waals surface area contributed by atoms with Crippen LogP contribution in [0.25, 0.3) is 0 Å². The Kier molecular flexibility index (Phi) is 4.47. The van der Waals surface area contributed by atoms with Gasteiger partial charge in [0.05, 0.1) is 6.61 Å². The maximum Gasteiger partial charge on any atom is 0.334 e. The van der Waals surface area contributed by atoms with Gasteiger partial charge in [-0.2, -0.15) is 0 Å². The molecule has 24 heavy (non-hydrogen) atoms. The molecule has 0 aromatic carbocycles. The number of carbonyl (C=O) groups is 1. The fraction of sp³-hybridized carbons (Fsp3) is 0.773. The average molecular weight is 331 g/mol. The maximum absolute atomic E-state index is 11.9. The highest BCUT2D eigenvalue weighted by atomic mass is 16.5. The molecule has 0 aromatic rings. The monoisotopic (exact) mass is 330 g/mol. The number of ether oxygens (including phenoxy) is 1. The fourth-order valence-corrected chi connectivity index (χ4v) is 5.65. The molecule has 3 rings (SSSR count). The molecule has 0 bridgehead atoms. The first-order valence-electron chi connectivity index (χ1n) is 9.71. The van der Waals surface area contributed by atoms with Crippen LogP contribution in [0.5, 0.6) is 0 Å². The Bertz CT molecular complexity index is 571. The Morgan fingerprint density at radius 1 is 1.25 bits per heavy atom. The van der Waals surface area contributed by atoms with Crippen molar-refractivity contribution in [1.29, 1.82) is 0 Å². The van der Waals surface area contributed by atoms with E-state index in [0.29, 0.717) is 23.4 Å². The molecule has 2 aliphatic carbocycles. The lowest BCUT2D eigenvalue weighted by Gasteiger charge is -2.58. The lowest BCUT2D eigenvalue weighted by atomic mass is 9.46. The molecule has 0 N–H and O–H groups in total. The number of esters is 1. The summed E-state index contributed by atoms with van der Waals surface area (Å²) in [5.74, 6) is 2.15. The topological polar surface area (TPSA) is 26.3 Å². The highest BCUT2D eigenvalue weighted by molar-refractivity contribution is 5.90. The van der Waals surface area contributed by atoms with Crippen molar-refractivity contribution in [2.24, 2.45) is 34.5 Å². The van der Waals surface area contributed by atoms with Crippen LogP contribution in [0.3, 0.4) is 0 Å². The number of cyclic esters (lactones) is 1. The van der Waals surface area contributed by atoms with E-state index >= 15 is 0 Å². The Labute approximate surface area is 147 Å². The molecule has 0 spiro atoms. The van der Waals surface area contributed by atoms with Gasteiger partial charge in [0.2, 0.25) is 0 Å². The van der Waals surface area contributed by atoms with Crippen molar-refractivity contribution in [3.8, 4) is 0 Å². The zero-order valence-electron chi connectivity index (χ0n) is 16.2. The van der Waals surface area contributed by atoms with Gasteiger partial charge in [-0.3, -0.25) is 0 Å². The van der Waals surface area contributed by atoms with Crippen LogP contribution in [0.1, 0.15) is 66.7 Å². The van der Waals surface area contributed by atoms with Crippen LogP contribution in [0.2, 0.25) is 0 Å². The van der Waals surface area contributed by atoms with E-state index in [9.17, 15) is 4.79 Å². The average Bonchev–Trinajstić information content (AvgIpc) is 2.83. The van der Waals surface area contributed by atoms with Gasteiger partial charge in [0.15, 0.2) is 0 Å². The Morgan fingerprint density at radius 2 is 1.96 bits per heavy atom. The van der Waals surface area contributed by atoms with E-state index in [1.54, 1.807) is 0 Å². The van der Waals surface area contributed by atoms with E-state index in [1.165, 1.54) is 24.8 Å². The SMILES string of the molecule is C=C1CC[C@@H]2[C@@H](C)C(C)(C)CC[C@@]2(C)[C@@H]1C/C=C1/C(=O)OC[C@H]1C. The molecule has 134 valence electrons. The van der Waals surface area contributed by atoms with Gasteiger partial charge in [0.25, 0.3) is 0 Å². The van der Waals surface area contributed by atoms with E-state index in [1.807, 2.05) is 0 Å². The molecule has 3 aliphatic rings. The van der Waals surface area contributed by atoms with E-state index in [2.05, 4.69) is 47.3 Å². The maximum atomic E-state index is 11.9. The van der Waals surface area contributed by atoms with Crippen LogP contribution in [0.4, 0.5) is 0 Å². The molecule has 2 nitrogen and oxygen atoms in total. The standard InChI is InChI=1S/C22H34O2/c1-14-7-9-19-16(3)21(4,5)11-12-22(19,6)18(14)10-8-17-15(2)13-24-20(17)23/h8,15-16,18-19H,1,7,9-13H2,2-6H3/b17-8+/t15-,16-,18-,19-,22+/m1/s1. The summed E-state index contributed by atoms with van der Waals surface area (Å²) in [5, 5.41) is 0. The van der Waals surface area contributed by atoms with E-state index < -0.39 is 0 Å². The van der Waals surface area contributed by atoms with Gasteiger partial charge in [-0.15, -0.1) is 0 Å². The quantitative estimate of drug-likeness (QED) is 0.377. The van der Waals surface area contributed by atoms with Crippen molar-refractivity contribution in [1.82, 2.24) is 0 Å². The lowest BCUT2D eigenvalue weighted by molar-refractivity contribution is -0.135. The third kappa shape index (κ3) is 2.76. The zero-order chi connectivity index (χ0) is 17.7. The van der Waals surface area contributed by atoms with Gasteiger partial charge in [-0.1, -0.05) is 52.8 Å². The van der Waals surface area contributed by atoms with E-state index in [-0.39, 0.29) is 11.9 Å². The predicted molar refractivity (Wildman–Crippen MR) is 98.5 cm³/mol. The molecule has 0 radical (unpaired) electrons. The molecule has 1 heterocycles. The number of hydrogen-bond donors (Lipinski definition) is 0. The summed E-state index contributed by atoms with van der Waals surface area (Å²) in [6.45, 7) is 16.9. The summed E-state index contributed by atoms with van der Waals surface area (Å²) in [6.07, 6.45) is 8.13. The minimum absolute atomic E-state index is 0.108. The number of allylic oxidation sites excluding steroid dienone is 2. The molecular weight excluding hydrogens is 296 g/mol. The van der Waals surface area contributed by atoms with Gasteiger partial charge >= 0.3 is 5.97 Å². The summed E-state index contributed by atoms with van der Waals surface area (Å²) in [7, 11) is 0. The third-order valence-electron chi connectivity index (χ3n) is 7.86. The minimum Gasteiger partial charge on any atom is -0.462 e. The zero-order valence-corrected chi connectivity index (χ0v) is 16.2. The largest absolute Gasteiger partial charge is 0.462 e. The van der Waals surface area contributed by atoms with Crippen molar-refractivity contribution < 1.29 is 9.53 Å². The van der Waals surface area contributed by atoms with Gasteiger partial charge in [0, 0.05) is 11.5 Å².